The molecule has 0 radical (unpaired) electrons. The lowest BCUT2D eigenvalue weighted by Crippen LogP contribution is -2.31. The summed E-state index contributed by atoms with van der Waals surface area (Å²) in [6, 6.07) is 12.1. The molecular weight excluding hydrogens is 388 g/mol. The van der Waals surface area contributed by atoms with Crippen LogP contribution in [0.4, 0.5) is 8.78 Å². The van der Waals surface area contributed by atoms with Crippen LogP contribution in [-0.4, -0.2) is 30.6 Å². The van der Waals surface area contributed by atoms with Gasteiger partial charge in [0.25, 0.3) is 0 Å². The van der Waals surface area contributed by atoms with Crippen molar-refractivity contribution in [2.75, 3.05) is 7.11 Å². The molecule has 1 saturated carbocycles. The monoisotopic (exact) mass is 407 g/mol. The first-order valence-electron chi connectivity index (χ1n) is 8.83. The Morgan fingerprint density at radius 2 is 2.00 bits per heavy atom. The van der Waals surface area contributed by atoms with Gasteiger partial charge in [-0.15, -0.1) is 0 Å². The highest BCUT2D eigenvalue weighted by Gasteiger charge is 2.31. The van der Waals surface area contributed by atoms with Crippen molar-refractivity contribution in [1.29, 1.82) is 0 Å². The van der Waals surface area contributed by atoms with Gasteiger partial charge in [0.05, 0.1) is 7.11 Å². The fraction of sp³-hybridized carbons (Fsp3) is 0.286. The Bertz CT molecular complexity index is 868. The standard InChI is InChI=1S/C21H20ClF2NO3/c1-27-19-12-14(6-10-18(19)28-21(23)24)13-25(16-8-9-16)20(26)11-7-15-4-2-3-5-17(15)22/h2-7,10-12,16,21H,8-9,13H2,1H3/b11-7+. The molecule has 0 aliphatic heterocycles. The molecule has 1 aliphatic rings. The van der Waals surface area contributed by atoms with Crippen LogP contribution >= 0.6 is 11.6 Å². The molecule has 7 heteroatoms. The van der Waals surface area contributed by atoms with Crippen LogP contribution in [0, 0.1) is 0 Å². The summed E-state index contributed by atoms with van der Waals surface area (Å²) in [5.74, 6) is 0.0334. The Morgan fingerprint density at radius 3 is 2.64 bits per heavy atom. The Kier molecular flexibility index (Phi) is 6.52. The predicted molar refractivity (Wildman–Crippen MR) is 104 cm³/mol. The summed E-state index contributed by atoms with van der Waals surface area (Å²) in [5, 5.41) is 0.573. The summed E-state index contributed by atoms with van der Waals surface area (Å²) in [6.45, 7) is -2.58. The van der Waals surface area contributed by atoms with Gasteiger partial charge in [-0.2, -0.15) is 8.78 Å². The van der Waals surface area contributed by atoms with E-state index >= 15 is 0 Å². The van der Waals surface area contributed by atoms with Crippen LogP contribution < -0.4 is 9.47 Å². The molecule has 1 amide bonds. The van der Waals surface area contributed by atoms with Crippen molar-refractivity contribution in [3.8, 4) is 11.5 Å². The van der Waals surface area contributed by atoms with Crippen molar-refractivity contribution in [3.63, 3.8) is 0 Å². The highest BCUT2D eigenvalue weighted by molar-refractivity contribution is 6.32. The number of rotatable bonds is 8. The quantitative estimate of drug-likeness (QED) is 0.568. The van der Waals surface area contributed by atoms with Crippen LogP contribution in [0.25, 0.3) is 6.08 Å². The van der Waals surface area contributed by atoms with Crippen LogP contribution in [0.15, 0.2) is 48.5 Å². The van der Waals surface area contributed by atoms with E-state index < -0.39 is 6.61 Å². The van der Waals surface area contributed by atoms with Crippen molar-refractivity contribution >= 4 is 23.6 Å². The van der Waals surface area contributed by atoms with Crippen molar-refractivity contribution in [2.45, 2.75) is 32.0 Å². The molecule has 28 heavy (non-hydrogen) atoms. The van der Waals surface area contributed by atoms with Crippen molar-refractivity contribution in [1.82, 2.24) is 4.90 Å². The van der Waals surface area contributed by atoms with E-state index in [1.165, 1.54) is 19.3 Å². The van der Waals surface area contributed by atoms with E-state index in [0.29, 0.717) is 11.6 Å². The molecule has 0 bridgehead atoms. The Labute approximate surface area is 167 Å². The number of methoxy groups -OCH3 is 1. The third-order valence-corrected chi connectivity index (χ3v) is 4.72. The van der Waals surface area contributed by atoms with Gasteiger partial charge in [-0.1, -0.05) is 35.9 Å². The highest BCUT2D eigenvalue weighted by Crippen LogP contribution is 2.33. The number of amides is 1. The number of halogens is 3. The van der Waals surface area contributed by atoms with Gasteiger partial charge in [0, 0.05) is 23.7 Å². The Balaban J connectivity index is 1.74. The summed E-state index contributed by atoms with van der Waals surface area (Å²) < 4.78 is 34.5. The number of carbonyl (C=O) groups is 1. The SMILES string of the molecule is COc1cc(CN(C(=O)/C=C/c2ccccc2Cl)C2CC2)ccc1OC(F)F. The van der Waals surface area contributed by atoms with Gasteiger partial charge >= 0.3 is 6.61 Å². The molecule has 0 heterocycles. The van der Waals surface area contributed by atoms with Crippen molar-refractivity contribution < 1.29 is 23.0 Å². The lowest BCUT2D eigenvalue weighted by Gasteiger charge is -2.21. The maximum absolute atomic E-state index is 12.7. The van der Waals surface area contributed by atoms with Crippen LogP contribution in [0.5, 0.6) is 11.5 Å². The maximum atomic E-state index is 12.7. The van der Waals surface area contributed by atoms with Crippen molar-refractivity contribution in [3.05, 3.63) is 64.7 Å². The number of carbonyl (C=O) groups excluding carboxylic acids is 1. The summed E-state index contributed by atoms with van der Waals surface area (Å²) in [5.41, 5.74) is 1.54. The first-order chi connectivity index (χ1) is 13.5. The molecule has 0 N–H and O–H groups in total. The van der Waals surface area contributed by atoms with Crippen LogP contribution in [0.1, 0.15) is 24.0 Å². The third kappa shape index (κ3) is 5.23. The van der Waals surface area contributed by atoms with Crippen LogP contribution in [-0.2, 0) is 11.3 Å². The van der Waals surface area contributed by atoms with Gasteiger partial charge < -0.3 is 14.4 Å². The fourth-order valence-corrected chi connectivity index (χ4v) is 3.04. The highest BCUT2D eigenvalue weighted by atomic mass is 35.5. The molecule has 0 atom stereocenters. The average molecular weight is 408 g/mol. The molecule has 0 spiro atoms. The normalized spacial score (nSPS) is 13.8. The second kappa shape index (κ2) is 9.06. The summed E-state index contributed by atoms with van der Waals surface area (Å²) >= 11 is 6.12. The zero-order valence-corrected chi connectivity index (χ0v) is 16.0. The molecular formula is C21H20ClF2NO3. The molecule has 0 aromatic heterocycles. The second-order valence-electron chi connectivity index (χ2n) is 6.42. The zero-order chi connectivity index (χ0) is 20.1. The second-order valence-corrected chi connectivity index (χ2v) is 6.82. The maximum Gasteiger partial charge on any atom is 0.387 e. The van der Waals surface area contributed by atoms with Gasteiger partial charge in [0.2, 0.25) is 5.91 Å². The number of hydrogen-bond donors (Lipinski definition) is 0. The molecule has 0 unspecified atom stereocenters. The molecule has 148 valence electrons. The van der Waals surface area contributed by atoms with E-state index in [-0.39, 0.29) is 23.4 Å². The molecule has 4 nitrogen and oxygen atoms in total. The Morgan fingerprint density at radius 1 is 1.25 bits per heavy atom. The smallest absolute Gasteiger partial charge is 0.387 e. The first kappa shape index (κ1) is 20.1. The van der Waals surface area contributed by atoms with E-state index in [0.717, 1.165) is 24.0 Å². The van der Waals surface area contributed by atoms with Crippen LogP contribution in [0.3, 0.4) is 0 Å². The van der Waals surface area contributed by atoms with E-state index in [1.807, 2.05) is 18.2 Å². The molecule has 3 rings (SSSR count). The third-order valence-electron chi connectivity index (χ3n) is 4.38. The van der Waals surface area contributed by atoms with Gasteiger partial charge in [-0.3, -0.25) is 4.79 Å². The predicted octanol–water partition coefficient (Wildman–Crippen LogP) is 5.15. The number of benzene rings is 2. The van der Waals surface area contributed by atoms with Gasteiger partial charge in [0.1, 0.15) is 0 Å². The summed E-state index contributed by atoms with van der Waals surface area (Å²) in [4.78, 5) is 14.5. The molecule has 0 saturated heterocycles. The van der Waals surface area contributed by atoms with Crippen molar-refractivity contribution in [2.24, 2.45) is 0 Å². The zero-order valence-electron chi connectivity index (χ0n) is 15.3. The average Bonchev–Trinajstić information content (AvgIpc) is 3.50. The van der Waals surface area contributed by atoms with Gasteiger partial charge in [-0.05, 0) is 48.2 Å². The van der Waals surface area contributed by atoms with Crippen LogP contribution in [0.2, 0.25) is 5.02 Å². The summed E-state index contributed by atoms with van der Waals surface area (Å²) in [6.07, 6.45) is 5.08. The summed E-state index contributed by atoms with van der Waals surface area (Å²) in [7, 11) is 1.38. The molecule has 1 aliphatic carbocycles. The topological polar surface area (TPSA) is 38.8 Å². The fourth-order valence-electron chi connectivity index (χ4n) is 2.84. The number of ether oxygens (including phenoxy) is 2. The first-order valence-corrected chi connectivity index (χ1v) is 9.20. The number of alkyl halides is 2. The van der Waals surface area contributed by atoms with E-state index in [4.69, 9.17) is 16.3 Å². The minimum absolute atomic E-state index is 0.0378. The Hall–Kier alpha value is -2.60. The largest absolute Gasteiger partial charge is 0.493 e. The molecule has 2 aromatic rings. The number of nitrogens with zero attached hydrogens (tertiary/aromatic N) is 1. The lowest BCUT2D eigenvalue weighted by atomic mass is 10.1. The molecule has 1 fully saturated rings. The van der Waals surface area contributed by atoms with Gasteiger partial charge in [-0.25, -0.2) is 0 Å². The van der Waals surface area contributed by atoms with Gasteiger partial charge in [0.15, 0.2) is 11.5 Å². The van der Waals surface area contributed by atoms with E-state index in [2.05, 4.69) is 4.74 Å². The van der Waals surface area contributed by atoms with E-state index in [1.54, 1.807) is 29.2 Å². The number of hydrogen-bond acceptors (Lipinski definition) is 3. The minimum atomic E-state index is -2.93. The lowest BCUT2D eigenvalue weighted by molar-refractivity contribution is -0.127. The minimum Gasteiger partial charge on any atom is -0.493 e. The van der Waals surface area contributed by atoms with E-state index in [9.17, 15) is 13.6 Å². The molecule has 2 aromatic carbocycles.